The van der Waals surface area contributed by atoms with E-state index in [-0.39, 0.29) is 0 Å². The molecule has 1 aromatic carbocycles. The number of halogens is 1. The highest BCUT2D eigenvalue weighted by molar-refractivity contribution is 6.33. The molecule has 6 heteroatoms. The number of carbonyl (C=O) groups excluding carboxylic acids is 1. The molecule has 0 bridgehead atoms. The van der Waals surface area contributed by atoms with Gasteiger partial charge in [-0.3, -0.25) is 0 Å². The second-order valence-corrected chi connectivity index (χ2v) is 3.75. The molecule has 0 aromatic heterocycles. The Labute approximate surface area is 103 Å². The van der Waals surface area contributed by atoms with E-state index >= 15 is 0 Å². The van der Waals surface area contributed by atoms with Crippen molar-refractivity contribution in [3.05, 3.63) is 28.8 Å². The molecule has 0 aliphatic carbocycles. The molecule has 0 saturated heterocycles. The van der Waals surface area contributed by atoms with Gasteiger partial charge in [0.25, 0.3) is 6.02 Å². The molecule has 0 spiro atoms. The van der Waals surface area contributed by atoms with E-state index in [9.17, 15) is 4.79 Å². The number of aliphatic imine (C=N–C) groups is 1. The predicted octanol–water partition coefficient (Wildman–Crippen LogP) is 1.92. The Balaban J connectivity index is 2.15. The summed E-state index contributed by atoms with van der Waals surface area (Å²) in [5.74, 6) is -0.462. The first-order valence-corrected chi connectivity index (χ1v) is 5.40. The summed E-state index contributed by atoms with van der Waals surface area (Å²) in [5, 5.41) is 3.28. The van der Waals surface area contributed by atoms with Gasteiger partial charge in [0, 0.05) is 5.69 Å². The first-order chi connectivity index (χ1) is 8.20. The minimum absolute atomic E-state index is 0.320. The van der Waals surface area contributed by atoms with Gasteiger partial charge in [0.15, 0.2) is 0 Å². The molecule has 0 unspecified atom stereocenters. The summed E-state index contributed by atoms with van der Waals surface area (Å²) in [5.41, 5.74) is 1.04. The fraction of sp³-hybridized carbons (Fsp3) is 0.273. The van der Waals surface area contributed by atoms with Crippen molar-refractivity contribution < 1.29 is 14.3 Å². The second-order valence-electron chi connectivity index (χ2n) is 3.35. The molecule has 90 valence electrons. The van der Waals surface area contributed by atoms with Crippen LogP contribution in [0, 0.1) is 0 Å². The van der Waals surface area contributed by atoms with Crippen molar-refractivity contribution in [1.29, 1.82) is 0 Å². The van der Waals surface area contributed by atoms with Crippen LogP contribution in [0.5, 0.6) is 0 Å². The molecule has 17 heavy (non-hydrogen) atoms. The number of carbonyl (C=O) groups is 1. The van der Waals surface area contributed by atoms with Gasteiger partial charge >= 0.3 is 5.97 Å². The Morgan fingerprint density at radius 2 is 2.41 bits per heavy atom. The number of hydrogen-bond donors (Lipinski definition) is 1. The molecule has 5 nitrogen and oxygen atoms in total. The Bertz CT molecular complexity index is 474. The van der Waals surface area contributed by atoms with Gasteiger partial charge in [-0.2, -0.15) is 0 Å². The largest absolute Gasteiger partial charge is 0.465 e. The zero-order valence-electron chi connectivity index (χ0n) is 9.20. The van der Waals surface area contributed by atoms with Crippen molar-refractivity contribution in [2.24, 2.45) is 4.99 Å². The number of methoxy groups -OCH3 is 1. The van der Waals surface area contributed by atoms with Gasteiger partial charge in [0.2, 0.25) is 0 Å². The Kier molecular flexibility index (Phi) is 3.49. The smallest absolute Gasteiger partial charge is 0.339 e. The number of nitrogens with zero attached hydrogens (tertiary/aromatic N) is 1. The van der Waals surface area contributed by atoms with E-state index in [1.54, 1.807) is 18.2 Å². The molecule has 1 N–H and O–H groups in total. The molecule has 1 aliphatic heterocycles. The van der Waals surface area contributed by atoms with E-state index in [1.165, 1.54) is 7.11 Å². The van der Waals surface area contributed by atoms with Crippen molar-refractivity contribution in [1.82, 2.24) is 0 Å². The van der Waals surface area contributed by atoms with Crippen LogP contribution in [-0.4, -0.2) is 32.3 Å². The third-order valence-corrected chi connectivity index (χ3v) is 2.52. The minimum Gasteiger partial charge on any atom is -0.465 e. The van der Waals surface area contributed by atoms with E-state index in [1.807, 2.05) is 0 Å². The molecule has 0 radical (unpaired) electrons. The molecule has 0 atom stereocenters. The third kappa shape index (κ3) is 2.68. The maximum absolute atomic E-state index is 11.3. The molecule has 0 fully saturated rings. The van der Waals surface area contributed by atoms with Gasteiger partial charge in [-0.05, 0) is 18.2 Å². The quantitative estimate of drug-likeness (QED) is 0.820. The summed E-state index contributed by atoms with van der Waals surface area (Å²) in [6.07, 6.45) is 0. The van der Waals surface area contributed by atoms with E-state index < -0.39 is 5.97 Å². The van der Waals surface area contributed by atoms with Crippen LogP contribution in [-0.2, 0) is 9.47 Å². The standard InChI is InChI=1S/C11H11ClN2O3/c1-16-10(15)8-3-2-7(6-9(8)12)14-11-13-4-5-17-11/h2-3,6H,4-5H2,1H3,(H,13,14). The fourth-order valence-corrected chi connectivity index (χ4v) is 1.66. The number of hydrogen-bond acceptors (Lipinski definition) is 5. The van der Waals surface area contributed by atoms with E-state index in [4.69, 9.17) is 16.3 Å². The lowest BCUT2D eigenvalue weighted by molar-refractivity contribution is 0.0601. The first-order valence-electron chi connectivity index (χ1n) is 5.03. The highest BCUT2D eigenvalue weighted by atomic mass is 35.5. The van der Waals surface area contributed by atoms with Crippen molar-refractivity contribution in [3.8, 4) is 0 Å². The molecule has 1 heterocycles. The van der Waals surface area contributed by atoms with Crippen molar-refractivity contribution in [2.75, 3.05) is 25.6 Å². The van der Waals surface area contributed by atoms with Gasteiger partial charge in [-0.15, -0.1) is 0 Å². The number of anilines is 1. The summed E-state index contributed by atoms with van der Waals surface area (Å²) in [6, 6.07) is 5.39. The lowest BCUT2D eigenvalue weighted by Gasteiger charge is -2.07. The van der Waals surface area contributed by atoms with Crippen LogP contribution in [0.2, 0.25) is 5.02 Å². The molecule has 1 aromatic rings. The predicted molar refractivity (Wildman–Crippen MR) is 64.7 cm³/mol. The molecule has 0 amide bonds. The highest BCUT2D eigenvalue weighted by Crippen LogP contribution is 2.22. The summed E-state index contributed by atoms with van der Waals surface area (Å²) in [4.78, 5) is 15.4. The molecule has 1 aliphatic rings. The third-order valence-electron chi connectivity index (χ3n) is 2.21. The Morgan fingerprint density at radius 3 is 3.00 bits per heavy atom. The topological polar surface area (TPSA) is 59.9 Å². The number of ether oxygens (including phenoxy) is 2. The summed E-state index contributed by atoms with van der Waals surface area (Å²) in [7, 11) is 1.31. The molecule has 0 saturated carbocycles. The molecule has 2 rings (SSSR count). The average molecular weight is 255 g/mol. The van der Waals surface area contributed by atoms with Crippen molar-refractivity contribution >= 4 is 29.3 Å². The fourth-order valence-electron chi connectivity index (χ4n) is 1.40. The Hall–Kier alpha value is -1.75. The lowest BCUT2D eigenvalue weighted by atomic mass is 10.2. The van der Waals surface area contributed by atoms with Crippen LogP contribution in [0.25, 0.3) is 0 Å². The van der Waals surface area contributed by atoms with Crippen LogP contribution in [0.3, 0.4) is 0 Å². The number of esters is 1. The van der Waals surface area contributed by atoms with Crippen LogP contribution in [0.1, 0.15) is 10.4 Å². The summed E-state index contributed by atoms with van der Waals surface area (Å²) in [6.45, 7) is 1.23. The number of benzene rings is 1. The van der Waals surface area contributed by atoms with Gasteiger partial charge < -0.3 is 14.8 Å². The van der Waals surface area contributed by atoms with E-state index in [2.05, 4.69) is 15.0 Å². The van der Waals surface area contributed by atoms with E-state index in [0.717, 1.165) is 0 Å². The number of nitrogens with one attached hydrogen (secondary N) is 1. The van der Waals surface area contributed by atoms with Gasteiger partial charge in [-0.25, -0.2) is 9.79 Å². The first kappa shape index (κ1) is 11.7. The van der Waals surface area contributed by atoms with Crippen LogP contribution in [0.4, 0.5) is 5.69 Å². The van der Waals surface area contributed by atoms with Gasteiger partial charge in [0.05, 0.1) is 24.2 Å². The molecular formula is C11H11ClN2O3. The maximum atomic E-state index is 11.3. The van der Waals surface area contributed by atoms with E-state index in [0.29, 0.717) is 35.4 Å². The summed E-state index contributed by atoms with van der Waals surface area (Å²) < 4.78 is 9.80. The minimum atomic E-state index is -0.462. The number of amidine groups is 1. The normalized spacial score (nSPS) is 13.9. The maximum Gasteiger partial charge on any atom is 0.339 e. The average Bonchev–Trinajstić information content (AvgIpc) is 2.81. The van der Waals surface area contributed by atoms with Crippen LogP contribution >= 0.6 is 11.6 Å². The number of rotatable bonds is 2. The highest BCUT2D eigenvalue weighted by Gasteiger charge is 2.12. The zero-order valence-corrected chi connectivity index (χ0v) is 9.95. The van der Waals surface area contributed by atoms with Crippen LogP contribution < -0.4 is 5.32 Å². The Morgan fingerprint density at radius 1 is 1.59 bits per heavy atom. The monoisotopic (exact) mass is 254 g/mol. The summed E-state index contributed by atoms with van der Waals surface area (Å²) >= 11 is 5.97. The van der Waals surface area contributed by atoms with Gasteiger partial charge in [-0.1, -0.05) is 11.6 Å². The molecular weight excluding hydrogens is 244 g/mol. The second kappa shape index (κ2) is 5.05. The lowest BCUT2D eigenvalue weighted by Crippen LogP contribution is -2.12. The van der Waals surface area contributed by atoms with Gasteiger partial charge in [0.1, 0.15) is 6.61 Å². The SMILES string of the molecule is COC(=O)c1ccc(NC2=NCCO2)cc1Cl. The van der Waals surface area contributed by atoms with Crippen molar-refractivity contribution in [3.63, 3.8) is 0 Å². The zero-order chi connectivity index (χ0) is 12.3. The van der Waals surface area contributed by atoms with Crippen LogP contribution in [0.15, 0.2) is 23.2 Å². The van der Waals surface area contributed by atoms with Crippen molar-refractivity contribution in [2.45, 2.75) is 0 Å².